The molecule has 0 radical (unpaired) electrons. The summed E-state index contributed by atoms with van der Waals surface area (Å²) in [4.78, 5) is 16.0. The SMILES string of the molecule is Cn1cc(O)c(=O)cc1CN1CCN(c2cccc(F)c2)CC1. The Morgan fingerprint density at radius 3 is 2.61 bits per heavy atom. The summed E-state index contributed by atoms with van der Waals surface area (Å²) in [6.07, 6.45) is 1.45. The van der Waals surface area contributed by atoms with Gasteiger partial charge in [0.2, 0.25) is 5.43 Å². The molecule has 1 aliphatic rings. The van der Waals surface area contributed by atoms with Gasteiger partial charge in [-0.3, -0.25) is 9.69 Å². The van der Waals surface area contributed by atoms with Crippen molar-refractivity contribution < 1.29 is 9.50 Å². The van der Waals surface area contributed by atoms with Crippen molar-refractivity contribution in [2.75, 3.05) is 31.1 Å². The Morgan fingerprint density at radius 1 is 1.17 bits per heavy atom. The van der Waals surface area contributed by atoms with E-state index in [1.165, 1.54) is 18.3 Å². The fraction of sp³-hybridized carbons (Fsp3) is 0.353. The Kier molecular flexibility index (Phi) is 4.34. The summed E-state index contributed by atoms with van der Waals surface area (Å²) in [5, 5.41) is 9.43. The molecule has 0 spiro atoms. The smallest absolute Gasteiger partial charge is 0.223 e. The Balaban J connectivity index is 1.63. The van der Waals surface area contributed by atoms with Crippen LogP contribution in [-0.2, 0) is 13.6 Å². The van der Waals surface area contributed by atoms with Crippen molar-refractivity contribution in [3.63, 3.8) is 0 Å². The molecule has 23 heavy (non-hydrogen) atoms. The Hall–Kier alpha value is -2.34. The molecule has 2 heterocycles. The highest BCUT2D eigenvalue weighted by Gasteiger charge is 2.18. The minimum Gasteiger partial charge on any atom is -0.503 e. The number of hydrogen-bond acceptors (Lipinski definition) is 4. The summed E-state index contributed by atoms with van der Waals surface area (Å²) in [7, 11) is 1.82. The summed E-state index contributed by atoms with van der Waals surface area (Å²) in [6, 6.07) is 8.13. The number of rotatable bonds is 3. The summed E-state index contributed by atoms with van der Waals surface area (Å²) in [5.41, 5.74) is 1.42. The van der Waals surface area contributed by atoms with Gasteiger partial charge in [0.15, 0.2) is 5.75 Å². The number of hydrogen-bond donors (Lipinski definition) is 1. The topological polar surface area (TPSA) is 48.7 Å². The van der Waals surface area contributed by atoms with Gasteiger partial charge in [-0.15, -0.1) is 0 Å². The predicted octanol–water partition coefficient (Wildman–Crippen LogP) is 1.55. The van der Waals surface area contributed by atoms with Gasteiger partial charge in [-0.05, 0) is 18.2 Å². The second-order valence-corrected chi connectivity index (χ2v) is 5.87. The van der Waals surface area contributed by atoms with Crippen LogP contribution >= 0.6 is 0 Å². The normalized spacial score (nSPS) is 15.8. The highest BCUT2D eigenvalue weighted by atomic mass is 19.1. The number of piperazine rings is 1. The lowest BCUT2D eigenvalue weighted by atomic mass is 10.2. The van der Waals surface area contributed by atoms with Crippen molar-refractivity contribution >= 4 is 5.69 Å². The van der Waals surface area contributed by atoms with Crippen LogP contribution in [0.15, 0.2) is 41.3 Å². The number of pyridine rings is 1. The van der Waals surface area contributed by atoms with Crippen LogP contribution in [0.2, 0.25) is 0 Å². The minimum absolute atomic E-state index is 0.218. The van der Waals surface area contributed by atoms with E-state index < -0.39 is 0 Å². The van der Waals surface area contributed by atoms with Crippen molar-refractivity contribution in [3.05, 3.63) is 58.3 Å². The van der Waals surface area contributed by atoms with E-state index in [4.69, 9.17) is 0 Å². The number of nitrogens with zero attached hydrogens (tertiary/aromatic N) is 3. The first-order chi connectivity index (χ1) is 11.0. The molecule has 3 rings (SSSR count). The molecular weight excluding hydrogens is 297 g/mol. The van der Waals surface area contributed by atoms with E-state index in [0.29, 0.717) is 6.54 Å². The quantitative estimate of drug-likeness (QED) is 0.933. The lowest BCUT2D eigenvalue weighted by Crippen LogP contribution is -2.46. The Morgan fingerprint density at radius 2 is 1.91 bits per heavy atom. The van der Waals surface area contributed by atoms with Gasteiger partial charge in [0.05, 0.1) is 0 Å². The molecule has 1 aliphatic heterocycles. The van der Waals surface area contributed by atoms with Crippen molar-refractivity contribution in [1.29, 1.82) is 0 Å². The van der Waals surface area contributed by atoms with Gasteiger partial charge >= 0.3 is 0 Å². The largest absolute Gasteiger partial charge is 0.503 e. The minimum atomic E-state index is -0.350. The highest BCUT2D eigenvalue weighted by molar-refractivity contribution is 5.46. The molecule has 0 bridgehead atoms. The van der Waals surface area contributed by atoms with E-state index in [-0.39, 0.29) is 17.0 Å². The van der Waals surface area contributed by atoms with Gasteiger partial charge < -0.3 is 14.6 Å². The standard InChI is InChI=1S/C17H20FN3O2/c1-19-12-17(23)16(22)10-15(19)11-20-5-7-21(8-6-20)14-4-2-3-13(18)9-14/h2-4,9-10,12,23H,5-8,11H2,1H3. The number of aromatic nitrogens is 1. The average Bonchev–Trinajstić information content (AvgIpc) is 2.53. The van der Waals surface area contributed by atoms with E-state index in [0.717, 1.165) is 37.6 Å². The van der Waals surface area contributed by atoms with Crippen LogP contribution < -0.4 is 10.3 Å². The van der Waals surface area contributed by atoms with E-state index >= 15 is 0 Å². The molecule has 1 N–H and O–H groups in total. The zero-order valence-electron chi connectivity index (χ0n) is 13.1. The highest BCUT2D eigenvalue weighted by Crippen LogP contribution is 2.18. The molecular formula is C17H20FN3O2. The van der Waals surface area contributed by atoms with Gasteiger partial charge in [-0.1, -0.05) is 6.07 Å². The second-order valence-electron chi connectivity index (χ2n) is 5.87. The number of anilines is 1. The number of benzene rings is 1. The van der Waals surface area contributed by atoms with Crippen LogP contribution in [0, 0.1) is 5.82 Å². The third kappa shape index (κ3) is 3.53. The number of halogens is 1. The lowest BCUT2D eigenvalue weighted by Gasteiger charge is -2.36. The van der Waals surface area contributed by atoms with E-state index in [9.17, 15) is 14.3 Å². The molecule has 1 aromatic heterocycles. The zero-order chi connectivity index (χ0) is 16.4. The molecule has 2 aromatic rings. The monoisotopic (exact) mass is 317 g/mol. The molecule has 0 unspecified atom stereocenters. The average molecular weight is 317 g/mol. The van der Waals surface area contributed by atoms with Gasteiger partial charge in [-0.25, -0.2) is 4.39 Å². The van der Waals surface area contributed by atoms with Crippen LogP contribution in [0.5, 0.6) is 5.75 Å². The van der Waals surface area contributed by atoms with E-state index in [2.05, 4.69) is 9.80 Å². The number of aryl methyl sites for hydroxylation is 1. The molecule has 0 saturated carbocycles. The molecule has 122 valence electrons. The maximum Gasteiger partial charge on any atom is 0.223 e. The fourth-order valence-corrected chi connectivity index (χ4v) is 2.88. The molecule has 0 atom stereocenters. The number of aromatic hydroxyl groups is 1. The molecule has 1 fully saturated rings. The first-order valence-corrected chi connectivity index (χ1v) is 7.64. The van der Waals surface area contributed by atoms with E-state index in [1.54, 1.807) is 16.7 Å². The van der Waals surface area contributed by atoms with Crippen molar-refractivity contribution in [1.82, 2.24) is 9.47 Å². The van der Waals surface area contributed by atoms with Crippen LogP contribution in [0.1, 0.15) is 5.69 Å². The van der Waals surface area contributed by atoms with Crippen LogP contribution in [0.25, 0.3) is 0 Å². The van der Waals surface area contributed by atoms with Crippen molar-refractivity contribution in [2.45, 2.75) is 6.54 Å². The molecule has 6 heteroatoms. The summed E-state index contributed by atoms with van der Waals surface area (Å²) >= 11 is 0. The molecule has 0 amide bonds. The fourth-order valence-electron chi connectivity index (χ4n) is 2.88. The predicted molar refractivity (Wildman–Crippen MR) is 87.2 cm³/mol. The first kappa shape index (κ1) is 15.6. The third-order valence-corrected chi connectivity index (χ3v) is 4.25. The zero-order valence-corrected chi connectivity index (χ0v) is 13.1. The molecule has 5 nitrogen and oxygen atoms in total. The second kappa shape index (κ2) is 6.42. The van der Waals surface area contributed by atoms with Gasteiger partial charge in [-0.2, -0.15) is 0 Å². The lowest BCUT2D eigenvalue weighted by molar-refractivity contribution is 0.244. The van der Waals surface area contributed by atoms with E-state index in [1.807, 2.05) is 13.1 Å². The molecule has 0 aliphatic carbocycles. The van der Waals surface area contributed by atoms with Crippen molar-refractivity contribution in [3.8, 4) is 5.75 Å². The Labute approximate surface area is 134 Å². The molecule has 1 saturated heterocycles. The van der Waals surface area contributed by atoms with Crippen molar-refractivity contribution in [2.24, 2.45) is 7.05 Å². The van der Waals surface area contributed by atoms with Gasteiger partial charge in [0.1, 0.15) is 5.82 Å². The van der Waals surface area contributed by atoms with Crippen LogP contribution in [0.3, 0.4) is 0 Å². The summed E-state index contributed by atoms with van der Waals surface area (Å²) in [6.45, 7) is 3.96. The Bertz CT molecular complexity index is 752. The maximum absolute atomic E-state index is 13.3. The molecule has 1 aromatic carbocycles. The summed E-state index contributed by atoms with van der Waals surface area (Å²) in [5.74, 6) is -0.448. The third-order valence-electron chi connectivity index (χ3n) is 4.25. The van der Waals surface area contributed by atoms with Crippen LogP contribution in [-0.4, -0.2) is 40.8 Å². The van der Waals surface area contributed by atoms with Gasteiger partial charge in [0.25, 0.3) is 0 Å². The first-order valence-electron chi connectivity index (χ1n) is 7.64. The van der Waals surface area contributed by atoms with Crippen LogP contribution in [0.4, 0.5) is 10.1 Å². The van der Waals surface area contributed by atoms with Gasteiger partial charge in [0, 0.05) is 63.4 Å². The maximum atomic E-state index is 13.3. The summed E-state index contributed by atoms with van der Waals surface area (Å²) < 4.78 is 15.1.